The molecule has 6 rings (SSSR count). The number of anilines is 1. The molecule has 0 amide bonds. The van der Waals surface area contributed by atoms with Crippen molar-refractivity contribution in [2.24, 2.45) is 17.6 Å². The van der Waals surface area contributed by atoms with E-state index in [1.54, 1.807) is 6.20 Å². The zero-order valence-electron chi connectivity index (χ0n) is 17.2. The summed E-state index contributed by atoms with van der Waals surface area (Å²) in [6, 6.07) is 13.4. The van der Waals surface area contributed by atoms with Crippen LogP contribution in [-0.4, -0.2) is 33.9 Å². The Balaban J connectivity index is 1.28. The SMILES string of the molecule is CN(c1ccc2c(n1)OCc1cc(-n3cccn3)ccc1-2)C1CC(N)CC2C[C@H]2C1. The van der Waals surface area contributed by atoms with E-state index in [0.29, 0.717) is 18.7 Å². The second kappa shape index (κ2) is 6.84. The summed E-state index contributed by atoms with van der Waals surface area (Å²) in [5, 5.41) is 4.32. The Bertz CT molecular complexity index is 1080. The molecule has 3 unspecified atom stereocenters. The largest absolute Gasteiger partial charge is 0.472 e. The molecule has 1 aromatic carbocycles. The van der Waals surface area contributed by atoms with Gasteiger partial charge in [0.15, 0.2) is 0 Å². The third kappa shape index (κ3) is 3.06. The van der Waals surface area contributed by atoms with Gasteiger partial charge in [-0.15, -0.1) is 0 Å². The summed E-state index contributed by atoms with van der Waals surface area (Å²) in [5.74, 6) is 3.42. The average molecular weight is 402 g/mol. The number of hydrogen-bond donors (Lipinski definition) is 1. The van der Waals surface area contributed by atoms with Crippen LogP contribution >= 0.6 is 0 Å². The molecule has 3 heterocycles. The quantitative estimate of drug-likeness (QED) is 0.723. The topological polar surface area (TPSA) is 69.2 Å². The van der Waals surface area contributed by atoms with Gasteiger partial charge in [-0.25, -0.2) is 4.68 Å². The van der Waals surface area contributed by atoms with Crippen molar-refractivity contribution >= 4 is 5.82 Å². The van der Waals surface area contributed by atoms with Crippen LogP contribution < -0.4 is 15.4 Å². The zero-order valence-corrected chi connectivity index (χ0v) is 17.2. The molecule has 0 saturated heterocycles. The summed E-state index contributed by atoms with van der Waals surface area (Å²) in [5.41, 5.74) is 10.8. The zero-order chi connectivity index (χ0) is 20.2. The maximum atomic E-state index is 6.39. The molecule has 1 aliphatic heterocycles. The van der Waals surface area contributed by atoms with Gasteiger partial charge in [0.1, 0.15) is 12.4 Å². The number of ether oxygens (including phenoxy) is 1. The molecule has 2 fully saturated rings. The minimum atomic E-state index is 0.305. The van der Waals surface area contributed by atoms with Crippen LogP contribution in [0, 0.1) is 11.8 Å². The molecule has 0 radical (unpaired) electrons. The molecule has 30 heavy (non-hydrogen) atoms. The van der Waals surface area contributed by atoms with E-state index >= 15 is 0 Å². The highest BCUT2D eigenvalue weighted by Crippen LogP contribution is 2.49. The summed E-state index contributed by atoms with van der Waals surface area (Å²) >= 11 is 0. The summed E-state index contributed by atoms with van der Waals surface area (Å²) < 4.78 is 7.95. The maximum absolute atomic E-state index is 6.39. The lowest BCUT2D eigenvalue weighted by Gasteiger charge is -2.31. The van der Waals surface area contributed by atoms with E-state index in [1.807, 2.05) is 16.9 Å². The second-order valence-corrected chi connectivity index (χ2v) is 9.09. The first-order chi connectivity index (χ1) is 14.7. The molecule has 2 N–H and O–H groups in total. The van der Waals surface area contributed by atoms with Crippen LogP contribution in [0.2, 0.25) is 0 Å². The van der Waals surface area contributed by atoms with Gasteiger partial charge < -0.3 is 15.4 Å². The van der Waals surface area contributed by atoms with Gasteiger partial charge >= 0.3 is 0 Å². The van der Waals surface area contributed by atoms with Crippen molar-refractivity contribution in [1.82, 2.24) is 14.8 Å². The second-order valence-electron chi connectivity index (χ2n) is 9.09. The molecule has 3 aliphatic rings. The van der Waals surface area contributed by atoms with Crippen molar-refractivity contribution in [3.05, 3.63) is 54.4 Å². The number of benzene rings is 1. The molecule has 2 aromatic heterocycles. The average Bonchev–Trinajstić information content (AvgIpc) is 3.28. The maximum Gasteiger partial charge on any atom is 0.223 e. The van der Waals surface area contributed by atoms with Crippen LogP contribution in [0.3, 0.4) is 0 Å². The number of rotatable bonds is 3. The molecule has 2 aliphatic carbocycles. The summed E-state index contributed by atoms with van der Waals surface area (Å²) in [6.07, 6.45) is 8.56. The van der Waals surface area contributed by atoms with E-state index in [2.05, 4.69) is 47.4 Å². The van der Waals surface area contributed by atoms with E-state index < -0.39 is 0 Å². The van der Waals surface area contributed by atoms with E-state index in [4.69, 9.17) is 15.5 Å². The smallest absolute Gasteiger partial charge is 0.223 e. The molecule has 154 valence electrons. The first-order valence-electron chi connectivity index (χ1n) is 10.9. The van der Waals surface area contributed by atoms with Crippen molar-refractivity contribution in [3.63, 3.8) is 0 Å². The summed E-state index contributed by atoms with van der Waals surface area (Å²) in [6.45, 7) is 0.523. The van der Waals surface area contributed by atoms with Crippen LogP contribution in [-0.2, 0) is 6.61 Å². The minimum Gasteiger partial charge on any atom is -0.472 e. The lowest BCUT2D eigenvalue weighted by Crippen LogP contribution is -2.37. The van der Waals surface area contributed by atoms with E-state index in [9.17, 15) is 0 Å². The molecule has 2 saturated carbocycles. The number of aromatic nitrogens is 3. The molecule has 0 bridgehead atoms. The first-order valence-corrected chi connectivity index (χ1v) is 10.9. The number of fused-ring (bicyclic) bond motifs is 4. The molecule has 3 aromatic rings. The Morgan fingerprint density at radius 1 is 1.07 bits per heavy atom. The van der Waals surface area contributed by atoms with Gasteiger partial charge in [0, 0.05) is 37.1 Å². The molecule has 0 spiro atoms. The van der Waals surface area contributed by atoms with Crippen LogP contribution in [0.4, 0.5) is 5.82 Å². The molecule has 4 atom stereocenters. The van der Waals surface area contributed by atoms with Gasteiger partial charge in [0.25, 0.3) is 0 Å². The van der Waals surface area contributed by atoms with Gasteiger partial charge in [-0.3, -0.25) is 0 Å². The fourth-order valence-electron chi connectivity index (χ4n) is 5.29. The number of pyridine rings is 1. The monoisotopic (exact) mass is 401 g/mol. The van der Waals surface area contributed by atoms with E-state index in [1.165, 1.54) is 24.8 Å². The lowest BCUT2D eigenvalue weighted by molar-refractivity contribution is 0.290. The number of nitrogens with two attached hydrogens (primary N) is 1. The van der Waals surface area contributed by atoms with Gasteiger partial charge in [0.05, 0.1) is 5.69 Å². The Morgan fingerprint density at radius 2 is 1.93 bits per heavy atom. The molecule has 6 nitrogen and oxygen atoms in total. The standard InChI is InChI=1S/C24H27N5O/c1-28(20-11-16-9-15(16)10-18(25)13-20)23-6-5-22-21-4-3-19(29-8-2-7-26-29)12-17(21)14-30-24(22)27-23/h2-8,12,15-16,18,20H,9-11,13-14,25H2,1H3/t15?,16-,18?,20?/m0/s1. The Labute approximate surface area is 176 Å². The fraction of sp³-hybridized carbons (Fsp3) is 0.417. The van der Waals surface area contributed by atoms with E-state index in [-0.39, 0.29) is 0 Å². The van der Waals surface area contributed by atoms with Crippen LogP contribution in [0.1, 0.15) is 31.2 Å². The van der Waals surface area contributed by atoms with Gasteiger partial charge in [-0.05, 0) is 79.0 Å². The molecular formula is C24H27N5O. The fourth-order valence-corrected chi connectivity index (χ4v) is 5.29. The molecular weight excluding hydrogens is 374 g/mol. The van der Waals surface area contributed by atoms with Crippen LogP contribution in [0.5, 0.6) is 5.88 Å². The first kappa shape index (κ1) is 18.0. The predicted octanol–water partition coefficient (Wildman–Crippen LogP) is 3.78. The number of hydrogen-bond acceptors (Lipinski definition) is 5. The molecule has 6 heteroatoms. The van der Waals surface area contributed by atoms with E-state index in [0.717, 1.165) is 46.8 Å². The van der Waals surface area contributed by atoms with Crippen LogP contribution in [0.25, 0.3) is 16.8 Å². The third-order valence-corrected chi connectivity index (χ3v) is 7.09. The van der Waals surface area contributed by atoms with Crippen molar-refractivity contribution in [3.8, 4) is 22.7 Å². The Kier molecular flexibility index (Phi) is 4.09. The number of nitrogens with zero attached hydrogens (tertiary/aromatic N) is 4. The highest BCUT2D eigenvalue weighted by atomic mass is 16.5. The van der Waals surface area contributed by atoms with Gasteiger partial charge in [0.2, 0.25) is 5.88 Å². The van der Waals surface area contributed by atoms with Gasteiger partial charge in [-0.2, -0.15) is 10.1 Å². The third-order valence-electron chi connectivity index (χ3n) is 7.09. The van der Waals surface area contributed by atoms with Crippen molar-refractivity contribution in [2.75, 3.05) is 11.9 Å². The predicted molar refractivity (Wildman–Crippen MR) is 117 cm³/mol. The normalized spacial score (nSPS) is 26.6. The Morgan fingerprint density at radius 3 is 2.80 bits per heavy atom. The van der Waals surface area contributed by atoms with Crippen molar-refractivity contribution in [2.45, 2.75) is 44.4 Å². The lowest BCUT2D eigenvalue weighted by atomic mass is 9.98. The van der Waals surface area contributed by atoms with Crippen molar-refractivity contribution < 1.29 is 4.74 Å². The van der Waals surface area contributed by atoms with Crippen LogP contribution in [0.15, 0.2) is 48.8 Å². The summed E-state index contributed by atoms with van der Waals surface area (Å²) in [7, 11) is 2.15. The Hall–Kier alpha value is -2.86. The highest BCUT2D eigenvalue weighted by Gasteiger charge is 2.43. The summed E-state index contributed by atoms with van der Waals surface area (Å²) in [4.78, 5) is 7.22. The minimum absolute atomic E-state index is 0.305. The van der Waals surface area contributed by atoms with Gasteiger partial charge in [-0.1, -0.05) is 6.07 Å². The van der Waals surface area contributed by atoms with Crippen molar-refractivity contribution in [1.29, 1.82) is 0 Å². The highest BCUT2D eigenvalue weighted by molar-refractivity contribution is 5.75.